The molecule has 19 heavy (non-hydrogen) atoms. The van der Waals surface area contributed by atoms with Gasteiger partial charge in [-0.1, -0.05) is 0 Å². The van der Waals surface area contributed by atoms with Crippen LogP contribution in [0.3, 0.4) is 0 Å². The number of carbonyl (C=O) groups is 2. The second kappa shape index (κ2) is 5.02. The minimum absolute atomic E-state index is 0.430. The van der Waals surface area contributed by atoms with Crippen molar-refractivity contribution in [1.82, 2.24) is 5.32 Å². The molecule has 0 saturated heterocycles. The van der Waals surface area contributed by atoms with Gasteiger partial charge in [-0.15, -0.1) is 0 Å². The molecule has 2 rings (SSSR count). The van der Waals surface area contributed by atoms with Crippen LogP contribution in [0.1, 0.15) is 46.5 Å². The van der Waals surface area contributed by atoms with Crippen LogP contribution in [0, 0.1) is 17.8 Å². The molecule has 108 valence electrons. The quantitative estimate of drug-likeness (QED) is 0.821. The number of carboxylic acids is 1. The van der Waals surface area contributed by atoms with Gasteiger partial charge < -0.3 is 15.2 Å². The molecule has 0 aliphatic heterocycles. The van der Waals surface area contributed by atoms with Crippen molar-refractivity contribution in [3.63, 3.8) is 0 Å². The first kappa shape index (κ1) is 14.2. The highest BCUT2D eigenvalue weighted by atomic mass is 16.6. The zero-order valence-corrected chi connectivity index (χ0v) is 11.8. The molecule has 0 heterocycles. The number of hydrogen-bond acceptors (Lipinski definition) is 3. The lowest BCUT2D eigenvalue weighted by Gasteiger charge is -2.23. The van der Waals surface area contributed by atoms with E-state index in [1.165, 1.54) is 6.42 Å². The lowest BCUT2D eigenvalue weighted by molar-refractivity contribution is -0.140. The first-order valence-corrected chi connectivity index (χ1v) is 6.97. The Balaban J connectivity index is 1.82. The molecule has 2 saturated carbocycles. The van der Waals surface area contributed by atoms with Gasteiger partial charge in [0.2, 0.25) is 0 Å². The summed E-state index contributed by atoms with van der Waals surface area (Å²) in [7, 11) is 0. The van der Waals surface area contributed by atoms with Crippen molar-refractivity contribution in [1.29, 1.82) is 0 Å². The van der Waals surface area contributed by atoms with Crippen LogP contribution in [0.15, 0.2) is 0 Å². The van der Waals surface area contributed by atoms with Crippen molar-refractivity contribution in [2.75, 3.05) is 0 Å². The summed E-state index contributed by atoms with van der Waals surface area (Å²) < 4.78 is 5.10. The standard InChI is InChI=1S/C14H23NO4/c1-14(2,3)19-13(18)15-11(12(16)17)6-8-4-9-7-10(9)5-8/h8-11H,4-7H2,1-3H3,(H,15,18)(H,16,17)/t9-,10-,11+/m1/s1. The largest absolute Gasteiger partial charge is 0.480 e. The van der Waals surface area contributed by atoms with Gasteiger partial charge in [0.05, 0.1) is 0 Å². The van der Waals surface area contributed by atoms with E-state index in [1.807, 2.05) is 0 Å². The highest BCUT2D eigenvalue weighted by Gasteiger charge is 2.46. The third kappa shape index (κ3) is 4.11. The number of alkyl carbamates (subject to hydrolysis) is 1. The highest BCUT2D eigenvalue weighted by molar-refractivity contribution is 5.80. The molecule has 0 aromatic rings. The SMILES string of the molecule is CC(C)(C)OC(=O)N[C@@H](CC1C[C@@H]2C[C@H]2C1)C(=O)O. The Morgan fingerprint density at radius 2 is 1.84 bits per heavy atom. The molecule has 0 unspecified atom stereocenters. The van der Waals surface area contributed by atoms with Crippen LogP contribution in [-0.4, -0.2) is 28.8 Å². The van der Waals surface area contributed by atoms with Crippen LogP contribution < -0.4 is 5.32 Å². The van der Waals surface area contributed by atoms with Crippen LogP contribution in [0.25, 0.3) is 0 Å². The van der Waals surface area contributed by atoms with Gasteiger partial charge in [0.15, 0.2) is 0 Å². The summed E-state index contributed by atoms with van der Waals surface area (Å²) in [6.45, 7) is 5.27. The van der Waals surface area contributed by atoms with Gasteiger partial charge in [-0.3, -0.25) is 0 Å². The second-order valence-corrected chi connectivity index (χ2v) is 6.87. The van der Waals surface area contributed by atoms with E-state index < -0.39 is 23.7 Å². The molecule has 0 bridgehead atoms. The molecule has 5 nitrogen and oxygen atoms in total. The van der Waals surface area contributed by atoms with E-state index >= 15 is 0 Å². The van der Waals surface area contributed by atoms with Crippen LogP contribution >= 0.6 is 0 Å². The predicted octanol–water partition coefficient (Wildman–Crippen LogP) is 2.40. The molecule has 0 radical (unpaired) electrons. The van der Waals surface area contributed by atoms with Gasteiger partial charge in [-0.25, -0.2) is 9.59 Å². The fourth-order valence-corrected chi connectivity index (χ4v) is 3.04. The average molecular weight is 269 g/mol. The summed E-state index contributed by atoms with van der Waals surface area (Å²) in [5, 5.41) is 11.7. The molecule has 0 spiro atoms. The predicted molar refractivity (Wildman–Crippen MR) is 69.7 cm³/mol. The minimum atomic E-state index is -0.980. The molecule has 1 amide bonds. The van der Waals surface area contributed by atoms with Gasteiger partial charge in [0.1, 0.15) is 11.6 Å². The molecule has 5 heteroatoms. The molecule has 2 fully saturated rings. The third-order valence-corrected chi connectivity index (χ3v) is 3.90. The van der Waals surface area contributed by atoms with E-state index in [1.54, 1.807) is 20.8 Å². The van der Waals surface area contributed by atoms with Crippen molar-refractivity contribution >= 4 is 12.1 Å². The summed E-state index contributed by atoms with van der Waals surface area (Å²) in [4.78, 5) is 22.8. The fourth-order valence-electron chi connectivity index (χ4n) is 3.04. The lowest BCUT2D eigenvalue weighted by atomic mass is 9.95. The zero-order valence-electron chi connectivity index (χ0n) is 11.8. The molecule has 0 aromatic carbocycles. The van der Waals surface area contributed by atoms with E-state index in [-0.39, 0.29) is 0 Å². The first-order valence-electron chi connectivity index (χ1n) is 6.97. The van der Waals surface area contributed by atoms with E-state index in [9.17, 15) is 14.7 Å². The number of fused-ring (bicyclic) bond motifs is 1. The number of rotatable bonds is 4. The number of hydrogen-bond donors (Lipinski definition) is 2. The maximum Gasteiger partial charge on any atom is 0.408 e. The summed E-state index contributed by atoms with van der Waals surface area (Å²) in [6.07, 6.45) is 3.41. The summed E-state index contributed by atoms with van der Waals surface area (Å²) in [5.74, 6) is 1.09. The van der Waals surface area contributed by atoms with Gasteiger partial charge in [-0.2, -0.15) is 0 Å². The highest BCUT2D eigenvalue weighted by Crippen LogP contribution is 2.55. The van der Waals surface area contributed by atoms with Gasteiger partial charge >= 0.3 is 12.1 Å². The Bertz CT molecular complexity index is 364. The Morgan fingerprint density at radius 3 is 2.32 bits per heavy atom. The smallest absolute Gasteiger partial charge is 0.408 e. The Morgan fingerprint density at radius 1 is 1.26 bits per heavy atom. The van der Waals surface area contributed by atoms with E-state index in [4.69, 9.17) is 4.74 Å². The average Bonchev–Trinajstić information content (AvgIpc) is 2.82. The van der Waals surface area contributed by atoms with Gasteiger partial charge in [0.25, 0.3) is 0 Å². The lowest BCUT2D eigenvalue weighted by Crippen LogP contribution is -2.44. The van der Waals surface area contributed by atoms with Crippen LogP contribution in [0.4, 0.5) is 4.79 Å². The van der Waals surface area contributed by atoms with Crippen molar-refractivity contribution in [3.05, 3.63) is 0 Å². The zero-order chi connectivity index (χ0) is 14.2. The first-order chi connectivity index (χ1) is 8.74. The molecule has 2 N–H and O–H groups in total. The summed E-state index contributed by atoms with van der Waals surface area (Å²) in [6, 6.07) is -0.836. The number of carboxylic acid groups (broad SMARTS) is 1. The van der Waals surface area contributed by atoms with Crippen LogP contribution in [0.2, 0.25) is 0 Å². The second-order valence-electron chi connectivity index (χ2n) is 6.87. The van der Waals surface area contributed by atoms with Crippen LogP contribution in [-0.2, 0) is 9.53 Å². The molecule has 0 aromatic heterocycles. The Kier molecular flexibility index (Phi) is 3.74. The number of aliphatic carboxylic acids is 1. The monoisotopic (exact) mass is 269 g/mol. The Hall–Kier alpha value is -1.26. The summed E-state index contributed by atoms with van der Waals surface area (Å²) in [5.41, 5.74) is -0.609. The topological polar surface area (TPSA) is 75.6 Å². The third-order valence-electron chi connectivity index (χ3n) is 3.90. The van der Waals surface area contributed by atoms with Crippen molar-refractivity contribution in [2.45, 2.75) is 58.1 Å². The van der Waals surface area contributed by atoms with Gasteiger partial charge in [-0.05, 0) is 64.2 Å². The maximum atomic E-state index is 11.6. The number of nitrogens with one attached hydrogen (secondary N) is 1. The van der Waals surface area contributed by atoms with Crippen molar-refractivity contribution < 1.29 is 19.4 Å². The Labute approximate surface area is 113 Å². The van der Waals surface area contributed by atoms with E-state index in [0.29, 0.717) is 12.3 Å². The molecule has 2 aliphatic carbocycles. The maximum absolute atomic E-state index is 11.6. The fraction of sp³-hybridized carbons (Fsp3) is 0.857. The summed E-state index contributed by atoms with van der Waals surface area (Å²) >= 11 is 0. The minimum Gasteiger partial charge on any atom is -0.480 e. The molecular weight excluding hydrogens is 246 g/mol. The van der Waals surface area contributed by atoms with E-state index in [2.05, 4.69) is 5.32 Å². The molecular formula is C14H23NO4. The van der Waals surface area contributed by atoms with E-state index in [0.717, 1.165) is 24.7 Å². The molecule has 3 atom stereocenters. The number of carbonyl (C=O) groups excluding carboxylic acids is 1. The molecule has 2 aliphatic rings. The van der Waals surface area contributed by atoms with Crippen molar-refractivity contribution in [2.24, 2.45) is 17.8 Å². The normalized spacial score (nSPS) is 27.5. The van der Waals surface area contributed by atoms with Crippen molar-refractivity contribution in [3.8, 4) is 0 Å². The van der Waals surface area contributed by atoms with Gasteiger partial charge in [0, 0.05) is 0 Å². The number of amides is 1. The van der Waals surface area contributed by atoms with Crippen LogP contribution in [0.5, 0.6) is 0 Å². The number of ether oxygens (including phenoxy) is 1.